The Hall–Kier alpha value is -3.54. The van der Waals surface area contributed by atoms with Crippen LogP contribution in [-0.2, 0) is 11.3 Å². The number of ether oxygens (including phenoxy) is 1. The summed E-state index contributed by atoms with van der Waals surface area (Å²) in [4.78, 5) is 20.3. The monoisotopic (exact) mass is 347 g/mol. The quantitative estimate of drug-likeness (QED) is 0.525. The maximum Gasteiger partial charge on any atom is 0.338 e. The molecule has 0 aliphatic heterocycles. The number of aromatic nitrogens is 3. The zero-order chi connectivity index (χ0) is 17.9. The molecule has 4 rings (SSSR count). The minimum absolute atomic E-state index is 0.0710. The fourth-order valence-electron chi connectivity index (χ4n) is 2.66. The van der Waals surface area contributed by atoms with Crippen molar-refractivity contribution in [2.45, 2.75) is 6.61 Å². The first-order valence-electron chi connectivity index (χ1n) is 7.99. The topological polar surface area (TPSA) is 57.0 Å². The summed E-state index contributed by atoms with van der Waals surface area (Å²) in [6.45, 7) is 0.0710. The van der Waals surface area contributed by atoms with Crippen molar-refractivity contribution in [3.05, 3.63) is 90.4 Å². The molecule has 0 unspecified atom stereocenters. The van der Waals surface area contributed by atoms with Crippen LogP contribution in [0.25, 0.3) is 16.6 Å². The number of hydrogen-bond donors (Lipinski definition) is 0. The van der Waals surface area contributed by atoms with Gasteiger partial charge >= 0.3 is 5.97 Å². The molecule has 0 fully saturated rings. The predicted molar refractivity (Wildman–Crippen MR) is 94.4 cm³/mol. The average Bonchev–Trinajstić information content (AvgIpc) is 3.21. The number of carbonyl (C=O) groups excluding carboxylic acids is 1. The number of carbonyl (C=O) groups is 1. The van der Waals surface area contributed by atoms with Gasteiger partial charge in [-0.2, -0.15) is 0 Å². The van der Waals surface area contributed by atoms with Crippen molar-refractivity contribution in [2.75, 3.05) is 0 Å². The van der Waals surface area contributed by atoms with Crippen molar-refractivity contribution in [1.82, 2.24) is 14.5 Å². The summed E-state index contributed by atoms with van der Waals surface area (Å²) in [6.07, 6.45) is 6.71. The number of imidazole rings is 1. The van der Waals surface area contributed by atoms with Crippen molar-refractivity contribution in [3.8, 4) is 5.69 Å². The summed E-state index contributed by atoms with van der Waals surface area (Å²) in [6, 6.07) is 13.6. The summed E-state index contributed by atoms with van der Waals surface area (Å²) < 4.78 is 20.8. The van der Waals surface area contributed by atoms with E-state index in [2.05, 4.69) is 9.97 Å². The van der Waals surface area contributed by atoms with Gasteiger partial charge in [0, 0.05) is 35.2 Å². The number of halogens is 1. The fourth-order valence-corrected chi connectivity index (χ4v) is 2.66. The fraction of sp³-hybridized carbons (Fsp3) is 0.0500. The largest absolute Gasteiger partial charge is 0.457 e. The highest BCUT2D eigenvalue weighted by Crippen LogP contribution is 2.17. The number of fused-ring (bicyclic) bond motifs is 1. The Kier molecular flexibility index (Phi) is 4.15. The highest BCUT2D eigenvalue weighted by molar-refractivity contribution is 5.89. The van der Waals surface area contributed by atoms with Crippen LogP contribution in [0.1, 0.15) is 15.9 Å². The van der Waals surface area contributed by atoms with E-state index in [9.17, 15) is 9.18 Å². The minimum Gasteiger partial charge on any atom is -0.457 e. The highest BCUT2D eigenvalue weighted by Gasteiger charge is 2.09. The Balaban J connectivity index is 1.45. The number of esters is 1. The van der Waals surface area contributed by atoms with Crippen LogP contribution in [0.4, 0.5) is 4.39 Å². The van der Waals surface area contributed by atoms with Gasteiger partial charge in [-0.05, 0) is 36.4 Å². The first-order valence-corrected chi connectivity index (χ1v) is 7.99. The Morgan fingerprint density at radius 3 is 2.77 bits per heavy atom. The molecule has 128 valence electrons. The van der Waals surface area contributed by atoms with Gasteiger partial charge < -0.3 is 9.30 Å². The van der Waals surface area contributed by atoms with E-state index >= 15 is 0 Å². The Labute approximate surface area is 148 Å². The Morgan fingerprint density at radius 2 is 2.00 bits per heavy atom. The lowest BCUT2D eigenvalue weighted by atomic mass is 10.1. The number of benzene rings is 2. The third-order valence-corrected chi connectivity index (χ3v) is 3.99. The first kappa shape index (κ1) is 16.0. The summed E-state index contributed by atoms with van der Waals surface area (Å²) in [5.41, 5.74) is 2.36. The van der Waals surface area contributed by atoms with Crippen molar-refractivity contribution < 1.29 is 13.9 Å². The van der Waals surface area contributed by atoms with Crippen molar-refractivity contribution in [3.63, 3.8) is 0 Å². The number of rotatable bonds is 4. The molecule has 2 aromatic carbocycles. The molecule has 0 bridgehead atoms. The normalized spacial score (nSPS) is 10.8. The van der Waals surface area contributed by atoms with Crippen LogP contribution < -0.4 is 0 Å². The van der Waals surface area contributed by atoms with Crippen LogP contribution in [0.15, 0.2) is 73.4 Å². The van der Waals surface area contributed by atoms with Gasteiger partial charge in [-0.15, -0.1) is 0 Å². The molecule has 0 aliphatic rings. The Morgan fingerprint density at radius 1 is 1.15 bits per heavy atom. The third-order valence-electron chi connectivity index (χ3n) is 3.99. The molecule has 0 amide bonds. The van der Waals surface area contributed by atoms with Gasteiger partial charge in [-0.25, -0.2) is 14.2 Å². The molecule has 2 aromatic heterocycles. The molecule has 0 atom stereocenters. The van der Waals surface area contributed by atoms with E-state index in [4.69, 9.17) is 4.74 Å². The predicted octanol–water partition coefficient (Wildman–Crippen LogP) is 3.92. The standard InChI is InChI=1S/C20H14FN3O2/c21-18-3-1-2-16-10-14(11-23-19(16)18)12-26-20(25)15-4-6-17(7-5-15)24-9-8-22-13-24/h1-11,13H,12H2. The SMILES string of the molecule is O=C(OCc1cnc2c(F)cccc2c1)c1ccc(-n2ccnc2)cc1. The molecular weight excluding hydrogens is 333 g/mol. The molecule has 0 saturated carbocycles. The molecule has 6 heteroatoms. The van der Waals surface area contributed by atoms with E-state index in [1.807, 2.05) is 22.9 Å². The van der Waals surface area contributed by atoms with Gasteiger partial charge in [-0.3, -0.25) is 4.98 Å². The van der Waals surface area contributed by atoms with Gasteiger partial charge in [0.15, 0.2) is 0 Å². The highest BCUT2D eigenvalue weighted by atomic mass is 19.1. The van der Waals surface area contributed by atoms with Gasteiger partial charge in [0.1, 0.15) is 17.9 Å². The Bertz CT molecular complexity index is 1060. The second-order valence-corrected chi connectivity index (χ2v) is 5.75. The van der Waals surface area contributed by atoms with E-state index in [1.165, 1.54) is 12.3 Å². The maximum atomic E-state index is 13.6. The maximum absolute atomic E-state index is 13.6. The second-order valence-electron chi connectivity index (χ2n) is 5.75. The van der Waals surface area contributed by atoms with E-state index in [0.717, 1.165) is 5.69 Å². The molecule has 5 nitrogen and oxygen atoms in total. The molecule has 0 aliphatic carbocycles. The van der Waals surface area contributed by atoms with E-state index < -0.39 is 5.97 Å². The second kappa shape index (κ2) is 6.76. The van der Waals surface area contributed by atoms with Gasteiger partial charge in [0.05, 0.1) is 11.9 Å². The lowest BCUT2D eigenvalue weighted by molar-refractivity contribution is 0.0472. The molecule has 4 aromatic rings. The molecule has 0 spiro atoms. The van der Waals surface area contributed by atoms with Gasteiger partial charge in [0.25, 0.3) is 0 Å². The summed E-state index contributed by atoms with van der Waals surface area (Å²) in [5, 5.41) is 0.670. The lowest BCUT2D eigenvalue weighted by Gasteiger charge is -2.07. The van der Waals surface area contributed by atoms with E-state index in [1.54, 1.807) is 42.9 Å². The van der Waals surface area contributed by atoms with Crippen LogP contribution in [0.2, 0.25) is 0 Å². The molecule has 26 heavy (non-hydrogen) atoms. The zero-order valence-corrected chi connectivity index (χ0v) is 13.7. The van der Waals surface area contributed by atoms with E-state index in [0.29, 0.717) is 22.0 Å². The van der Waals surface area contributed by atoms with Crippen molar-refractivity contribution >= 4 is 16.9 Å². The van der Waals surface area contributed by atoms with Gasteiger partial charge in [0.2, 0.25) is 0 Å². The van der Waals surface area contributed by atoms with Crippen LogP contribution in [-0.4, -0.2) is 20.5 Å². The first-order chi connectivity index (χ1) is 12.7. The number of pyridine rings is 1. The summed E-state index contributed by atoms with van der Waals surface area (Å²) in [7, 11) is 0. The van der Waals surface area contributed by atoms with E-state index in [-0.39, 0.29) is 12.4 Å². The molecule has 2 heterocycles. The number of para-hydroxylation sites is 1. The zero-order valence-electron chi connectivity index (χ0n) is 13.7. The smallest absolute Gasteiger partial charge is 0.338 e. The lowest BCUT2D eigenvalue weighted by Crippen LogP contribution is -2.06. The van der Waals surface area contributed by atoms with Crippen LogP contribution in [0.3, 0.4) is 0 Å². The van der Waals surface area contributed by atoms with Crippen molar-refractivity contribution in [2.24, 2.45) is 0 Å². The van der Waals surface area contributed by atoms with Gasteiger partial charge in [-0.1, -0.05) is 12.1 Å². The average molecular weight is 347 g/mol. The summed E-state index contributed by atoms with van der Waals surface area (Å²) >= 11 is 0. The van der Waals surface area contributed by atoms with Crippen LogP contribution >= 0.6 is 0 Å². The molecular formula is C20H14FN3O2. The number of nitrogens with zero attached hydrogens (tertiary/aromatic N) is 3. The summed E-state index contributed by atoms with van der Waals surface area (Å²) in [5.74, 6) is -0.800. The third kappa shape index (κ3) is 3.17. The molecule has 0 radical (unpaired) electrons. The molecule has 0 saturated heterocycles. The van der Waals surface area contributed by atoms with Crippen molar-refractivity contribution in [1.29, 1.82) is 0 Å². The molecule has 0 N–H and O–H groups in total. The number of hydrogen-bond acceptors (Lipinski definition) is 4. The van der Waals surface area contributed by atoms with Crippen LogP contribution in [0.5, 0.6) is 0 Å². The minimum atomic E-state index is -0.429. The van der Waals surface area contributed by atoms with Crippen LogP contribution in [0, 0.1) is 5.82 Å².